The van der Waals surface area contributed by atoms with Crippen LogP contribution in [-0.4, -0.2) is 36.0 Å². The van der Waals surface area contributed by atoms with Crippen LogP contribution in [0.25, 0.3) is 0 Å². The van der Waals surface area contributed by atoms with Crippen molar-refractivity contribution >= 4 is 11.6 Å². The Bertz CT molecular complexity index is 429. The van der Waals surface area contributed by atoms with Crippen molar-refractivity contribution in [3.63, 3.8) is 0 Å². The summed E-state index contributed by atoms with van der Waals surface area (Å²) in [7, 11) is 3.76. The lowest BCUT2D eigenvalue weighted by Gasteiger charge is -2.23. The predicted octanol–water partition coefficient (Wildman–Crippen LogP) is 1.62. The summed E-state index contributed by atoms with van der Waals surface area (Å²) < 4.78 is 0. The fraction of sp³-hybridized carbons (Fsp3) is 0.417. The minimum atomic E-state index is -0.490. The van der Waals surface area contributed by atoms with Crippen molar-refractivity contribution < 1.29 is 9.72 Å². The second-order valence-corrected chi connectivity index (χ2v) is 4.17. The number of carbonyl (C=O) groups excluding carboxylic acids is 1. The molecule has 0 aromatic heterocycles. The van der Waals surface area contributed by atoms with Crippen LogP contribution in [0.2, 0.25) is 0 Å². The maximum absolute atomic E-state index is 11.9. The van der Waals surface area contributed by atoms with Crippen LogP contribution < -0.4 is 5.32 Å². The molecule has 0 spiro atoms. The number of non-ortho nitro benzene ring substituents is 1. The molecule has 1 aromatic carbocycles. The van der Waals surface area contributed by atoms with E-state index in [9.17, 15) is 14.9 Å². The molecular weight excluding hydrogens is 234 g/mol. The molecule has 1 aromatic rings. The Balaban J connectivity index is 2.75. The number of amides is 1. The average molecular weight is 251 g/mol. The number of benzene rings is 1. The van der Waals surface area contributed by atoms with Gasteiger partial charge in [0, 0.05) is 17.7 Å². The summed E-state index contributed by atoms with van der Waals surface area (Å²) >= 11 is 0. The molecule has 6 nitrogen and oxygen atoms in total. The third-order valence-corrected chi connectivity index (χ3v) is 2.65. The highest BCUT2D eigenvalue weighted by Crippen LogP contribution is 2.12. The molecule has 1 unspecified atom stereocenters. The van der Waals surface area contributed by atoms with E-state index in [-0.39, 0.29) is 17.8 Å². The van der Waals surface area contributed by atoms with Crippen LogP contribution in [0.4, 0.5) is 5.69 Å². The lowest BCUT2D eigenvalue weighted by molar-refractivity contribution is -0.384. The van der Waals surface area contributed by atoms with E-state index in [4.69, 9.17) is 0 Å². The normalized spacial score (nSPS) is 12.2. The van der Waals surface area contributed by atoms with Crippen LogP contribution in [0.1, 0.15) is 23.7 Å². The molecule has 1 rings (SSSR count). The molecule has 0 aliphatic heterocycles. The number of nitrogens with one attached hydrogen (secondary N) is 1. The van der Waals surface area contributed by atoms with Gasteiger partial charge >= 0.3 is 0 Å². The fourth-order valence-corrected chi connectivity index (χ4v) is 1.57. The Hall–Kier alpha value is -1.95. The molecule has 0 aliphatic rings. The molecule has 98 valence electrons. The third kappa shape index (κ3) is 3.53. The van der Waals surface area contributed by atoms with Gasteiger partial charge in [-0.1, -0.05) is 6.92 Å². The highest BCUT2D eigenvalue weighted by atomic mass is 16.6. The van der Waals surface area contributed by atoms with Gasteiger partial charge in [-0.05, 0) is 32.6 Å². The van der Waals surface area contributed by atoms with E-state index in [2.05, 4.69) is 5.32 Å². The molecule has 0 bridgehead atoms. The highest BCUT2D eigenvalue weighted by Gasteiger charge is 2.14. The second kappa shape index (κ2) is 6.11. The van der Waals surface area contributed by atoms with Crippen molar-refractivity contribution in [2.75, 3.05) is 14.1 Å². The summed E-state index contributed by atoms with van der Waals surface area (Å²) in [5, 5.41) is 13.3. The first kappa shape index (κ1) is 14.1. The lowest BCUT2D eigenvalue weighted by Crippen LogP contribution is -2.44. The number of nitrogens with zero attached hydrogens (tertiary/aromatic N) is 2. The van der Waals surface area contributed by atoms with Gasteiger partial charge in [-0.25, -0.2) is 0 Å². The maximum atomic E-state index is 11.9. The van der Waals surface area contributed by atoms with Gasteiger partial charge in [0.1, 0.15) is 0 Å². The van der Waals surface area contributed by atoms with E-state index in [1.807, 2.05) is 25.9 Å². The second-order valence-electron chi connectivity index (χ2n) is 4.17. The van der Waals surface area contributed by atoms with Crippen molar-refractivity contribution in [2.24, 2.45) is 0 Å². The zero-order chi connectivity index (χ0) is 13.7. The van der Waals surface area contributed by atoms with Gasteiger partial charge in [-0.3, -0.25) is 19.8 Å². The van der Waals surface area contributed by atoms with Gasteiger partial charge < -0.3 is 5.32 Å². The minimum absolute atomic E-state index is 0.0220. The Labute approximate surface area is 106 Å². The molecule has 1 N–H and O–H groups in total. The topological polar surface area (TPSA) is 75.5 Å². The SMILES string of the molecule is CCC(NC(=O)c1ccc([N+](=O)[O-])cc1)N(C)C. The summed E-state index contributed by atoms with van der Waals surface area (Å²) in [6, 6.07) is 5.56. The predicted molar refractivity (Wildman–Crippen MR) is 68.3 cm³/mol. The lowest BCUT2D eigenvalue weighted by atomic mass is 10.2. The van der Waals surface area contributed by atoms with Crippen LogP contribution in [0, 0.1) is 10.1 Å². The van der Waals surface area contributed by atoms with Crippen LogP contribution in [-0.2, 0) is 0 Å². The first-order valence-electron chi connectivity index (χ1n) is 5.67. The standard InChI is InChI=1S/C12H17N3O3/c1-4-11(14(2)3)13-12(16)9-5-7-10(8-6-9)15(17)18/h5-8,11H,4H2,1-3H3,(H,13,16). The highest BCUT2D eigenvalue weighted by molar-refractivity contribution is 5.94. The van der Waals surface area contributed by atoms with Gasteiger partial charge in [0.2, 0.25) is 0 Å². The van der Waals surface area contributed by atoms with Crippen LogP contribution in [0.3, 0.4) is 0 Å². The molecule has 0 heterocycles. The van der Waals surface area contributed by atoms with Crippen molar-refractivity contribution in [1.82, 2.24) is 10.2 Å². The monoisotopic (exact) mass is 251 g/mol. The molecule has 6 heteroatoms. The third-order valence-electron chi connectivity index (χ3n) is 2.65. The van der Waals surface area contributed by atoms with Crippen LogP contribution in [0.5, 0.6) is 0 Å². The van der Waals surface area contributed by atoms with Crippen molar-refractivity contribution in [2.45, 2.75) is 19.5 Å². The quantitative estimate of drug-likeness (QED) is 0.490. The Morgan fingerprint density at radius 1 is 1.39 bits per heavy atom. The van der Waals surface area contributed by atoms with Crippen LogP contribution >= 0.6 is 0 Å². The van der Waals surface area contributed by atoms with Gasteiger partial charge in [-0.15, -0.1) is 0 Å². The molecular formula is C12H17N3O3. The van der Waals surface area contributed by atoms with E-state index in [0.29, 0.717) is 5.56 Å². The first-order chi connectivity index (χ1) is 8.45. The molecule has 1 amide bonds. The maximum Gasteiger partial charge on any atom is 0.269 e. The Kier molecular flexibility index (Phi) is 4.79. The number of nitro benzene ring substituents is 1. The average Bonchev–Trinajstić information content (AvgIpc) is 2.35. The van der Waals surface area contributed by atoms with Crippen molar-refractivity contribution in [3.05, 3.63) is 39.9 Å². The molecule has 18 heavy (non-hydrogen) atoms. The van der Waals surface area contributed by atoms with Gasteiger partial charge in [0.05, 0.1) is 11.1 Å². The van der Waals surface area contributed by atoms with E-state index in [1.54, 1.807) is 0 Å². The molecule has 0 fully saturated rings. The van der Waals surface area contributed by atoms with Crippen molar-refractivity contribution in [3.8, 4) is 0 Å². The van der Waals surface area contributed by atoms with Gasteiger partial charge in [-0.2, -0.15) is 0 Å². The zero-order valence-corrected chi connectivity index (χ0v) is 10.7. The largest absolute Gasteiger partial charge is 0.337 e. The summed E-state index contributed by atoms with van der Waals surface area (Å²) in [5.74, 6) is -0.231. The number of hydrogen-bond acceptors (Lipinski definition) is 4. The fourth-order valence-electron chi connectivity index (χ4n) is 1.57. The molecule has 0 saturated carbocycles. The number of nitro groups is 1. The molecule has 1 atom stereocenters. The molecule has 0 radical (unpaired) electrons. The van der Waals surface area contributed by atoms with Crippen LogP contribution in [0.15, 0.2) is 24.3 Å². The molecule has 0 saturated heterocycles. The minimum Gasteiger partial charge on any atom is -0.337 e. The zero-order valence-electron chi connectivity index (χ0n) is 10.7. The number of rotatable bonds is 5. The summed E-state index contributed by atoms with van der Waals surface area (Å²) in [6.07, 6.45) is 0.735. The van der Waals surface area contributed by atoms with E-state index in [1.165, 1.54) is 24.3 Å². The number of hydrogen-bond donors (Lipinski definition) is 1. The first-order valence-corrected chi connectivity index (χ1v) is 5.67. The van der Waals surface area contributed by atoms with E-state index >= 15 is 0 Å². The van der Waals surface area contributed by atoms with Gasteiger partial charge in [0.15, 0.2) is 0 Å². The number of carbonyl (C=O) groups is 1. The van der Waals surface area contributed by atoms with Crippen molar-refractivity contribution in [1.29, 1.82) is 0 Å². The van der Waals surface area contributed by atoms with E-state index in [0.717, 1.165) is 6.42 Å². The van der Waals surface area contributed by atoms with E-state index < -0.39 is 4.92 Å². The Morgan fingerprint density at radius 3 is 2.33 bits per heavy atom. The van der Waals surface area contributed by atoms with Gasteiger partial charge in [0.25, 0.3) is 11.6 Å². The summed E-state index contributed by atoms with van der Waals surface area (Å²) in [5.41, 5.74) is 0.395. The summed E-state index contributed by atoms with van der Waals surface area (Å²) in [6.45, 7) is 1.97. The summed E-state index contributed by atoms with van der Waals surface area (Å²) in [4.78, 5) is 23.8. The molecule has 0 aliphatic carbocycles. The Morgan fingerprint density at radius 2 is 1.94 bits per heavy atom. The smallest absolute Gasteiger partial charge is 0.269 e.